The zero-order chi connectivity index (χ0) is 14.8. The minimum absolute atomic E-state index is 0.268. The molecule has 2 nitrogen and oxygen atoms in total. The lowest BCUT2D eigenvalue weighted by atomic mass is 9.63. The number of hydrogen-bond acceptors (Lipinski definition) is 2. The fraction of sp³-hybridized carbons (Fsp3) is 0.250. The number of phenols is 1. The average Bonchev–Trinajstić information content (AvgIpc) is 2.52. The van der Waals surface area contributed by atoms with Gasteiger partial charge in [-0.3, -0.25) is 4.79 Å². The van der Waals surface area contributed by atoms with Gasteiger partial charge >= 0.3 is 0 Å². The fourth-order valence-corrected chi connectivity index (χ4v) is 4.45. The molecule has 0 radical (unpaired) electrons. The van der Waals surface area contributed by atoms with Crippen molar-refractivity contribution < 1.29 is 9.90 Å². The van der Waals surface area contributed by atoms with Crippen molar-refractivity contribution in [2.45, 2.75) is 31.6 Å². The molecule has 0 saturated carbocycles. The smallest absolute Gasteiger partial charge is 0.156 e. The molecule has 1 N–H and O–H groups in total. The Kier molecular flexibility index (Phi) is 2.28. The van der Waals surface area contributed by atoms with Crippen LogP contribution in [0.4, 0.5) is 0 Å². The highest BCUT2D eigenvalue weighted by molar-refractivity contribution is 6.04. The highest BCUT2D eigenvalue weighted by atomic mass is 16.3. The highest BCUT2D eigenvalue weighted by Gasteiger charge is 2.38. The SMILES string of the molecule is O=C1C=C2c3ccc4c(c3C2CC1)CCc1c(O)cccc1-4. The molecule has 3 aliphatic rings. The molecule has 1 atom stereocenters. The number of phenolic OH excluding ortho intramolecular Hbond substituents is 1. The summed E-state index contributed by atoms with van der Waals surface area (Å²) in [5.41, 5.74) is 8.94. The molecule has 2 aromatic carbocycles. The van der Waals surface area contributed by atoms with E-state index in [0.717, 1.165) is 24.8 Å². The van der Waals surface area contributed by atoms with Crippen molar-refractivity contribution in [3.8, 4) is 16.9 Å². The summed E-state index contributed by atoms with van der Waals surface area (Å²) in [5, 5.41) is 10.1. The maximum absolute atomic E-state index is 11.6. The monoisotopic (exact) mass is 288 g/mol. The molecule has 0 bridgehead atoms. The van der Waals surface area contributed by atoms with E-state index in [9.17, 15) is 9.90 Å². The van der Waals surface area contributed by atoms with Crippen molar-refractivity contribution in [2.75, 3.05) is 0 Å². The van der Waals surface area contributed by atoms with Crippen LogP contribution in [-0.2, 0) is 17.6 Å². The summed E-state index contributed by atoms with van der Waals surface area (Å²) in [7, 11) is 0. The van der Waals surface area contributed by atoms with Crippen molar-refractivity contribution in [1.29, 1.82) is 0 Å². The minimum Gasteiger partial charge on any atom is -0.508 e. The van der Waals surface area contributed by atoms with Gasteiger partial charge in [0.05, 0.1) is 0 Å². The van der Waals surface area contributed by atoms with Crippen LogP contribution in [0.15, 0.2) is 36.4 Å². The van der Waals surface area contributed by atoms with E-state index in [1.807, 2.05) is 12.1 Å². The number of allylic oxidation sites excluding steroid dienone is 2. The standard InChI is InChI=1S/C20H16O2/c21-11-4-5-16-18(10-11)17-8-6-13-12-2-1-3-19(22)14(12)7-9-15(13)20(16)17/h1-3,6,8,10,16,22H,4-5,7,9H2. The molecule has 5 rings (SSSR count). The van der Waals surface area contributed by atoms with Crippen LogP contribution in [0.2, 0.25) is 0 Å². The van der Waals surface area contributed by atoms with Crippen LogP contribution in [0.1, 0.15) is 41.0 Å². The van der Waals surface area contributed by atoms with Crippen molar-refractivity contribution in [2.24, 2.45) is 0 Å². The molecule has 22 heavy (non-hydrogen) atoms. The normalized spacial score (nSPS) is 21.0. The van der Waals surface area contributed by atoms with Crippen molar-refractivity contribution in [3.63, 3.8) is 0 Å². The van der Waals surface area contributed by atoms with Gasteiger partial charge in [0.2, 0.25) is 0 Å². The Morgan fingerprint density at radius 1 is 0.909 bits per heavy atom. The molecular formula is C20H16O2. The Balaban J connectivity index is 1.74. The number of carbonyl (C=O) groups excluding carboxylic acids is 1. The average molecular weight is 288 g/mol. The van der Waals surface area contributed by atoms with Crippen molar-refractivity contribution in [1.82, 2.24) is 0 Å². The first-order valence-corrected chi connectivity index (χ1v) is 7.96. The van der Waals surface area contributed by atoms with Crippen LogP contribution in [0, 0.1) is 0 Å². The second-order valence-electron chi connectivity index (χ2n) is 6.51. The highest BCUT2D eigenvalue weighted by Crippen LogP contribution is 2.55. The lowest BCUT2D eigenvalue weighted by Gasteiger charge is -2.40. The number of hydrogen-bond donors (Lipinski definition) is 1. The Morgan fingerprint density at radius 3 is 2.59 bits per heavy atom. The van der Waals surface area contributed by atoms with E-state index in [2.05, 4.69) is 18.2 Å². The quantitative estimate of drug-likeness (QED) is 0.795. The molecule has 2 aromatic rings. The van der Waals surface area contributed by atoms with Crippen molar-refractivity contribution >= 4 is 11.4 Å². The maximum atomic E-state index is 11.6. The topological polar surface area (TPSA) is 37.3 Å². The third kappa shape index (κ3) is 1.42. The van der Waals surface area contributed by atoms with Gasteiger partial charge in [-0.2, -0.15) is 0 Å². The summed E-state index contributed by atoms with van der Waals surface area (Å²) in [4.78, 5) is 11.6. The molecular weight excluding hydrogens is 272 g/mol. The first-order chi connectivity index (χ1) is 10.7. The number of rotatable bonds is 0. The van der Waals surface area contributed by atoms with E-state index >= 15 is 0 Å². The van der Waals surface area contributed by atoms with Crippen LogP contribution in [-0.4, -0.2) is 10.9 Å². The predicted octanol–water partition coefficient (Wildman–Crippen LogP) is 4.00. The molecule has 0 aromatic heterocycles. The number of aromatic hydroxyl groups is 1. The molecule has 2 heteroatoms. The van der Waals surface area contributed by atoms with E-state index < -0.39 is 0 Å². The predicted molar refractivity (Wildman–Crippen MR) is 85.9 cm³/mol. The first kappa shape index (κ1) is 12.2. The summed E-state index contributed by atoms with van der Waals surface area (Å²) in [5.74, 6) is 1.14. The van der Waals surface area contributed by atoms with Gasteiger partial charge in [0, 0.05) is 17.9 Å². The van der Waals surface area contributed by atoms with E-state index in [1.54, 1.807) is 6.07 Å². The van der Waals surface area contributed by atoms with Crippen LogP contribution >= 0.6 is 0 Å². The summed E-state index contributed by atoms with van der Waals surface area (Å²) in [6.07, 6.45) is 5.37. The number of benzene rings is 2. The van der Waals surface area contributed by atoms with Crippen LogP contribution in [0.5, 0.6) is 5.75 Å². The molecule has 0 aliphatic heterocycles. The third-order valence-electron chi connectivity index (χ3n) is 5.45. The Bertz CT molecular complexity index is 874. The maximum Gasteiger partial charge on any atom is 0.156 e. The minimum atomic E-state index is 0.268. The van der Waals surface area contributed by atoms with Gasteiger partial charge in [-0.25, -0.2) is 0 Å². The second-order valence-corrected chi connectivity index (χ2v) is 6.51. The van der Waals surface area contributed by atoms with E-state index in [-0.39, 0.29) is 5.78 Å². The first-order valence-electron chi connectivity index (χ1n) is 7.96. The van der Waals surface area contributed by atoms with Gasteiger partial charge in [-0.05, 0) is 64.8 Å². The lowest BCUT2D eigenvalue weighted by Crippen LogP contribution is -2.25. The van der Waals surface area contributed by atoms with Crippen LogP contribution < -0.4 is 0 Å². The molecule has 0 spiro atoms. The third-order valence-corrected chi connectivity index (χ3v) is 5.45. The van der Waals surface area contributed by atoms with Gasteiger partial charge in [0.1, 0.15) is 5.75 Å². The van der Waals surface area contributed by atoms with Gasteiger partial charge in [-0.1, -0.05) is 24.3 Å². The Hall–Kier alpha value is -2.35. The fourth-order valence-electron chi connectivity index (χ4n) is 4.45. The summed E-state index contributed by atoms with van der Waals surface area (Å²) in [6.45, 7) is 0. The van der Waals surface area contributed by atoms with Gasteiger partial charge in [0.15, 0.2) is 5.78 Å². The van der Waals surface area contributed by atoms with Gasteiger partial charge in [-0.15, -0.1) is 0 Å². The van der Waals surface area contributed by atoms with E-state index in [1.165, 1.54) is 33.4 Å². The van der Waals surface area contributed by atoms with Crippen molar-refractivity contribution in [3.05, 3.63) is 58.7 Å². The molecule has 108 valence electrons. The Labute approximate surface area is 129 Å². The van der Waals surface area contributed by atoms with E-state index in [0.29, 0.717) is 18.1 Å². The van der Waals surface area contributed by atoms with E-state index in [4.69, 9.17) is 0 Å². The largest absolute Gasteiger partial charge is 0.508 e. The number of ketones is 1. The summed E-state index contributed by atoms with van der Waals surface area (Å²) in [6, 6.07) is 10.1. The lowest BCUT2D eigenvalue weighted by molar-refractivity contribution is -0.115. The summed E-state index contributed by atoms with van der Waals surface area (Å²) >= 11 is 0. The molecule has 3 aliphatic carbocycles. The zero-order valence-corrected chi connectivity index (χ0v) is 12.2. The number of fused-ring (bicyclic) bond motifs is 8. The van der Waals surface area contributed by atoms with Crippen LogP contribution in [0.3, 0.4) is 0 Å². The molecule has 0 heterocycles. The van der Waals surface area contributed by atoms with Gasteiger partial charge < -0.3 is 5.11 Å². The van der Waals surface area contributed by atoms with Gasteiger partial charge in [0.25, 0.3) is 0 Å². The number of carbonyl (C=O) groups is 1. The molecule has 0 amide bonds. The Morgan fingerprint density at radius 2 is 1.68 bits per heavy atom. The second kappa shape index (κ2) is 4.10. The molecule has 0 fully saturated rings. The zero-order valence-electron chi connectivity index (χ0n) is 12.2. The molecule has 0 saturated heterocycles. The van der Waals surface area contributed by atoms with Crippen LogP contribution in [0.25, 0.3) is 16.7 Å². The molecule has 1 unspecified atom stereocenters. The summed E-state index contributed by atoms with van der Waals surface area (Å²) < 4.78 is 0.